The number of fused-ring (bicyclic) bond motifs is 1. The minimum atomic E-state index is 0.130. The minimum Gasteiger partial charge on any atom is -0.318 e. The smallest absolute Gasteiger partial charge is 0.318 e. The van der Waals surface area contributed by atoms with Gasteiger partial charge in [-0.2, -0.15) is 0 Å². The highest BCUT2D eigenvalue weighted by molar-refractivity contribution is 9.10. The van der Waals surface area contributed by atoms with Gasteiger partial charge in [0.15, 0.2) is 0 Å². The maximum atomic E-state index is 12.3. The van der Waals surface area contributed by atoms with Crippen molar-refractivity contribution in [2.75, 3.05) is 26.2 Å². The van der Waals surface area contributed by atoms with Crippen molar-refractivity contribution in [3.63, 3.8) is 0 Å². The number of rotatable bonds is 2. The van der Waals surface area contributed by atoms with E-state index in [1.54, 1.807) is 0 Å². The van der Waals surface area contributed by atoms with E-state index in [0.29, 0.717) is 17.6 Å². The number of urea groups is 1. The highest BCUT2D eigenvalue weighted by Crippen LogP contribution is 2.25. The van der Waals surface area contributed by atoms with Crippen molar-refractivity contribution in [1.29, 1.82) is 0 Å². The fourth-order valence-electron chi connectivity index (χ4n) is 2.68. The highest BCUT2D eigenvalue weighted by atomic mass is 79.9. The van der Waals surface area contributed by atoms with Gasteiger partial charge in [0.25, 0.3) is 0 Å². The number of nitrogens with one attached hydrogen (secondary N) is 1. The largest absolute Gasteiger partial charge is 0.320 e. The van der Waals surface area contributed by atoms with Gasteiger partial charge in [0.2, 0.25) is 0 Å². The Labute approximate surface area is 125 Å². The maximum Gasteiger partial charge on any atom is 0.320 e. The monoisotopic (exact) mass is 343 g/mol. The third-order valence-electron chi connectivity index (χ3n) is 3.67. The Kier molecular flexibility index (Phi) is 3.69. The number of carbonyl (C=O) groups is 1. The number of hydrogen-bond acceptors (Lipinski definition) is 2. The van der Waals surface area contributed by atoms with Gasteiger partial charge >= 0.3 is 6.03 Å². The van der Waals surface area contributed by atoms with Crippen LogP contribution in [0.2, 0.25) is 5.02 Å². The van der Waals surface area contributed by atoms with Gasteiger partial charge < -0.3 is 15.1 Å². The summed E-state index contributed by atoms with van der Waals surface area (Å²) >= 11 is 9.60. The number of hydrogen-bond donors (Lipinski definition) is 1. The third kappa shape index (κ3) is 2.59. The third-order valence-corrected chi connectivity index (χ3v) is 4.52. The first-order valence-electron chi connectivity index (χ1n) is 6.35. The summed E-state index contributed by atoms with van der Waals surface area (Å²) in [6.07, 6.45) is 0. The van der Waals surface area contributed by atoms with Crippen LogP contribution in [0, 0.1) is 0 Å². The molecule has 2 saturated heterocycles. The normalized spacial score (nSPS) is 22.8. The van der Waals surface area contributed by atoms with E-state index in [9.17, 15) is 4.79 Å². The van der Waals surface area contributed by atoms with E-state index < -0.39 is 0 Å². The van der Waals surface area contributed by atoms with Crippen molar-refractivity contribution in [1.82, 2.24) is 15.1 Å². The number of piperazine rings is 1. The van der Waals surface area contributed by atoms with E-state index in [1.165, 1.54) is 0 Å². The molecule has 2 heterocycles. The second-order valence-electron chi connectivity index (χ2n) is 4.95. The Morgan fingerprint density at radius 1 is 1.47 bits per heavy atom. The lowest BCUT2D eigenvalue weighted by molar-refractivity contribution is 0.178. The standard InChI is InChI=1S/C13H15BrClN3O/c14-10-2-1-9(12(15)5-10)7-17-8-11-6-16-3-4-18(11)13(17)19/h1-2,5,11,16H,3-4,6-8H2. The number of amides is 2. The van der Waals surface area contributed by atoms with E-state index in [2.05, 4.69) is 21.2 Å². The van der Waals surface area contributed by atoms with Gasteiger partial charge in [-0.1, -0.05) is 33.6 Å². The molecule has 1 unspecified atom stereocenters. The van der Waals surface area contributed by atoms with Crippen LogP contribution in [0.5, 0.6) is 0 Å². The Bertz CT molecular complexity index is 511. The fourth-order valence-corrected chi connectivity index (χ4v) is 3.41. The average molecular weight is 345 g/mol. The molecule has 0 bridgehead atoms. The number of halogens is 2. The lowest BCUT2D eigenvalue weighted by atomic mass is 10.2. The molecule has 3 rings (SSSR count). The summed E-state index contributed by atoms with van der Waals surface area (Å²) in [7, 11) is 0. The topological polar surface area (TPSA) is 35.6 Å². The molecule has 1 N–H and O–H groups in total. The van der Waals surface area contributed by atoms with Crippen LogP contribution in [0.15, 0.2) is 22.7 Å². The van der Waals surface area contributed by atoms with E-state index in [4.69, 9.17) is 11.6 Å². The molecule has 0 radical (unpaired) electrons. The summed E-state index contributed by atoms with van der Waals surface area (Å²) in [4.78, 5) is 16.1. The molecule has 0 aromatic heterocycles. The van der Waals surface area contributed by atoms with Gasteiger partial charge in [-0.15, -0.1) is 0 Å². The predicted molar refractivity (Wildman–Crippen MR) is 78.3 cm³/mol. The molecule has 1 aromatic rings. The summed E-state index contributed by atoms with van der Waals surface area (Å²) in [5, 5.41) is 4.03. The molecule has 102 valence electrons. The first-order chi connectivity index (χ1) is 9.15. The molecular formula is C13H15BrClN3O. The zero-order valence-electron chi connectivity index (χ0n) is 10.4. The van der Waals surface area contributed by atoms with Crippen molar-refractivity contribution >= 4 is 33.6 Å². The summed E-state index contributed by atoms with van der Waals surface area (Å²) in [6.45, 7) is 3.93. The molecular weight excluding hydrogens is 330 g/mol. The van der Waals surface area contributed by atoms with Crippen LogP contribution in [-0.4, -0.2) is 48.1 Å². The van der Waals surface area contributed by atoms with Crippen LogP contribution in [0.4, 0.5) is 4.79 Å². The van der Waals surface area contributed by atoms with Crippen LogP contribution < -0.4 is 5.32 Å². The second-order valence-corrected chi connectivity index (χ2v) is 6.27. The molecule has 4 nitrogen and oxygen atoms in total. The van der Waals surface area contributed by atoms with E-state index >= 15 is 0 Å². The zero-order valence-corrected chi connectivity index (χ0v) is 12.7. The Hall–Kier alpha value is -0.780. The van der Waals surface area contributed by atoms with Gasteiger partial charge in [0.1, 0.15) is 0 Å². The number of carbonyl (C=O) groups excluding carboxylic acids is 1. The maximum absolute atomic E-state index is 12.3. The van der Waals surface area contributed by atoms with Crippen molar-refractivity contribution < 1.29 is 4.79 Å². The van der Waals surface area contributed by atoms with Crippen LogP contribution in [0.1, 0.15) is 5.56 Å². The predicted octanol–water partition coefficient (Wildman–Crippen LogP) is 2.31. The number of nitrogens with zero attached hydrogens (tertiary/aromatic N) is 2. The summed E-state index contributed by atoms with van der Waals surface area (Å²) < 4.78 is 0.954. The molecule has 1 aromatic carbocycles. The van der Waals surface area contributed by atoms with Gasteiger partial charge in [-0.3, -0.25) is 0 Å². The van der Waals surface area contributed by atoms with E-state index in [-0.39, 0.29) is 6.03 Å². The van der Waals surface area contributed by atoms with Gasteiger partial charge in [-0.25, -0.2) is 4.79 Å². The molecule has 2 aliphatic rings. The Morgan fingerprint density at radius 2 is 2.32 bits per heavy atom. The Balaban J connectivity index is 1.75. The molecule has 2 fully saturated rings. The summed E-state index contributed by atoms with van der Waals surface area (Å²) in [5.41, 5.74) is 0.992. The quantitative estimate of drug-likeness (QED) is 0.893. The minimum absolute atomic E-state index is 0.130. The molecule has 2 amide bonds. The van der Waals surface area contributed by atoms with Crippen LogP contribution >= 0.6 is 27.5 Å². The summed E-state index contributed by atoms with van der Waals surface area (Å²) in [5.74, 6) is 0. The lowest BCUT2D eigenvalue weighted by Gasteiger charge is -2.28. The average Bonchev–Trinajstić information content (AvgIpc) is 2.70. The van der Waals surface area contributed by atoms with Crippen molar-refractivity contribution in [2.45, 2.75) is 12.6 Å². The second kappa shape index (κ2) is 5.31. The van der Waals surface area contributed by atoms with E-state index in [0.717, 1.165) is 36.2 Å². The molecule has 6 heteroatoms. The molecule has 19 heavy (non-hydrogen) atoms. The molecule has 1 atom stereocenters. The van der Waals surface area contributed by atoms with Crippen molar-refractivity contribution in [3.8, 4) is 0 Å². The molecule has 0 saturated carbocycles. The van der Waals surface area contributed by atoms with Gasteiger partial charge in [0.05, 0.1) is 6.04 Å². The van der Waals surface area contributed by atoms with E-state index in [1.807, 2.05) is 28.0 Å². The van der Waals surface area contributed by atoms with Crippen LogP contribution in [0.25, 0.3) is 0 Å². The highest BCUT2D eigenvalue weighted by Gasteiger charge is 2.38. The first-order valence-corrected chi connectivity index (χ1v) is 7.52. The zero-order chi connectivity index (χ0) is 13.4. The van der Waals surface area contributed by atoms with Gasteiger partial charge in [-0.05, 0) is 17.7 Å². The lowest BCUT2D eigenvalue weighted by Crippen LogP contribution is -2.49. The van der Waals surface area contributed by atoms with Crippen molar-refractivity contribution in [3.05, 3.63) is 33.3 Å². The fraction of sp³-hybridized carbons (Fsp3) is 0.462. The first kappa shape index (κ1) is 13.2. The summed E-state index contributed by atoms with van der Waals surface area (Å²) in [6, 6.07) is 6.22. The van der Waals surface area contributed by atoms with Crippen LogP contribution in [0.3, 0.4) is 0 Å². The molecule has 2 aliphatic heterocycles. The van der Waals surface area contributed by atoms with Crippen molar-refractivity contribution in [2.24, 2.45) is 0 Å². The van der Waals surface area contributed by atoms with Gasteiger partial charge in [0, 0.05) is 42.2 Å². The SMILES string of the molecule is O=C1N(Cc2ccc(Br)cc2Cl)CC2CNCCN12. The molecule has 0 aliphatic carbocycles. The number of benzene rings is 1. The molecule has 0 spiro atoms. The van der Waals surface area contributed by atoms with Crippen LogP contribution in [-0.2, 0) is 6.54 Å². The Morgan fingerprint density at radius 3 is 3.05 bits per heavy atom.